The van der Waals surface area contributed by atoms with Gasteiger partial charge in [-0.2, -0.15) is 0 Å². The number of nitrogens with one attached hydrogen (secondary N) is 2. The molecule has 0 aliphatic heterocycles. The third kappa shape index (κ3) is 4.92. The molecule has 0 atom stereocenters. The lowest BCUT2D eigenvalue weighted by Gasteiger charge is -2.08. The van der Waals surface area contributed by atoms with Crippen LogP contribution in [0.15, 0.2) is 67.0 Å². The molecule has 5 nitrogen and oxygen atoms in total. The van der Waals surface area contributed by atoms with Crippen molar-refractivity contribution in [2.24, 2.45) is 0 Å². The highest BCUT2D eigenvalue weighted by Crippen LogP contribution is 2.20. The minimum atomic E-state index is -0.266. The van der Waals surface area contributed by atoms with Gasteiger partial charge in [-0.25, -0.2) is 0 Å². The Labute approximate surface area is 162 Å². The number of aromatic nitrogens is 1. The van der Waals surface area contributed by atoms with Crippen LogP contribution >= 0.6 is 11.6 Å². The van der Waals surface area contributed by atoms with E-state index >= 15 is 0 Å². The van der Waals surface area contributed by atoms with Gasteiger partial charge in [0.15, 0.2) is 0 Å². The lowest BCUT2D eigenvalue weighted by molar-refractivity contribution is 0.0949. The van der Waals surface area contributed by atoms with Crippen LogP contribution in [0.4, 0.5) is 5.69 Å². The second kappa shape index (κ2) is 8.47. The zero-order valence-electron chi connectivity index (χ0n) is 14.7. The molecule has 3 rings (SSSR count). The number of pyridine rings is 1. The molecule has 2 N–H and O–H groups in total. The molecule has 136 valence electrons. The smallest absolute Gasteiger partial charge is 0.255 e. The second-order valence-electron chi connectivity index (χ2n) is 6.04. The lowest BCUT2D eigenvalue weighted by Crippen LogP contribution is -2.23. The number of hydrogen-bond acceptors (Lipinski definition) is 3. The van der Waals surface area contributed by atoms with Gasteiger partial charge < -0.3 is 10.6 Å². The number of hydrogen-bond donors (Lipinski definition) is 2. The molecule has 0 radical (unpaired) electrons. The SMILES string of the molecule is Cc1ccc(NC(=O)c2ccc(C(=O)NCc3cccnc3)cc2)cc1Cl. The molecule has 0 unspecified atom stereocenters. The Bertz CT molecular complexity index is 957. The fraction of sp³-hybridized carbons (Fsp3) is 0.0952. The van der Waals surface area contributed by atoms with E-state index in [2.05, 4.69) is 15.6 Å². The highest BCUT2D eigenvalue weighted by molar-refractivity contribution is 6.31. The fourth-order valence-electron chi connectivity index (χ4n) is 2.43. The summed E-state index contributed by atoms with van der Waals surface area (Å²) in [6.45, 7) is 2.29. The van der Waals surface area contributed by atoms with Crippen LogP contribution in [0.2, 0.25) is 5.02 Å². The van der Waals surface area contributed by atoms with E-state index in [9.17, 15) is 9.59 Å². The van der Waals surface area contributed by atoms with E-state index in [0.717, 1.165) is 11.1 Å². The number of benzene rings is 2. The predicted octanol–water partition coefficient (Wildman–Crippen LogP) is 4.23. The average Bonchev–Trinajstić information content (AvgIpc) is 2.70. The van der Waals surface area contributed by atoms with E-state index in [0.29, 0.717) is 28.4 Å². The topological polar surface area (TPSA) is 71.1 Å². The maximum absolute atomic E-state index is 12.3. The van der Waals surface area contributed by atoms with Crippen molar-refractivity contribution in [3.8, 4) is 0 Å². The Morgan fingerprint density at radius 3 is 2.33 bits per heavy atom. The first kappa shape index (κ1) is 18.6. The molecule has 3 aromatic rings. The molecule has 0 fully saturated rings. The van der Waals surface area contributed by atoms with E-state index < -0.39 is 0 Å². The molecule has 0 spiro atoms. The van der Waals surface area contributed by atoms with Gasteiger partial charge in [0.05, 0.1) is 0 Å². The van der Waals surface area contributed by atoms with Crippen LogP contribution in [0, 0.1) is 6.92 Å². The highest BCUT2D eigenvalue weighted by Gasteiger charge is 2.10. The van der Waals surface area contributed by atoms with E-state index in [-0.39, 0.29) is 11.8 Å². The Hall–Kier alpha value is -3.18. The van der Waals surface area contributed by atoms with Gasteiger partial charge in [-0.05, 0) is 60.5 Å². The van der Waals surface area contributed by atoms with Crippen molar-refractivity contribution in [3.63, 3.8) is 0 Å². The number of rotatable bonds is 5. The molecule has 1 aromatic heterocycles. The summed E-state index contributed by atoms with van der Waals surface area (Å²) in [5, 5.41) is 6.20. The second-order valence-corrected chi connectivity index (χ2v) is 6.45. The summed E-state index contributed by atoms with van der Waals surface area (Å²) in [6.07, 6.45) is 3.38. The molecule has 2 amide bonds. The molecular formula is C21H18ClN3O2. The van der Waals surface area contributed by atoms with Gasteiger partial charge in [0.2, 0.25) is 0 Å². The summed E-state index contributed by atoms with van der Waals surface area (Å²) >= 11 is 6.07. The van der Waals surface area contributed by atoms with Crippen LogP contribution in [0.1, 0.15) is 31.8 Å². The van der Waals surface area contributed by atoms with Crippen LogP contribution in [-0.2, 0) is 6.54 Å². The summed E-state index contributed by atoms with van der Waals surface area (Å²) in [6, 6.07) is 15.5. The monoisotopic (exact) mass is 379 g/mol. The van der Waals surface area contributed by atoms with Crippen molar-refractivity contribution in [3.05, 3.63) is 94.3 Å². The first-order chi connectivity index (χ1) is 13.0. The quantitative estimate of drug-likeness (QED) is 0.697. The Morgan fingerprint density at radius 1 is 1.00 bits per heavy atom. The lowest BCUT2D eigenvalue weighted by atomic mass is 10.1. The third-order valence-electron chi connectivity index (χ3n) is 4.01. The van der Waals surface area contributed by atoms with Crippen molar-refractivity contribution < 1.29 is 9.59 Å². The molecule has 1 heterocycles. The average molecular weight is 380 g/mol. The van der Waals surface area contributed by atoms with Crippen LogP contribution in [-0.4, -0.2) is 16.8 Å². The number of nitrogens with zero attached hydrogens (tertiary/aromatic N) is 1. The molecular weight excluding hydrogens is 362 g/mol. The number of amides is 2. The Morgan fingerprint density at radius 2 is 1.70 bits per heavy atom. The van der Waals surface area contributed by atoms with Crippen molar-refractivity contribution in [2.75, 3.05) is 5.32 Å². The van der Waals surface area contributed by atoms with E-state index in [1.54, 1.807) is 48.8 Å². The molecule has 6 heteroatoms. The number of aryl methyl sites for hydroxylation is 1. The summed E-state index contributed by atoms with van der Waals surface area (Å²) in [4.78, 5) is 28.6. The zero-order chi connectivity index (χ0) is 19.2. The number of carbonyl (C=O) groups excluding carboxylic acids is 2. The highest BCUT2D eigenvalue weighted by atomic mass is 35.5. The van der Waals surface area contributed by atoms with Gasteiger partial charge in [-0.3, -0.25) is 14.6 Å². The van der Waals surface area contributed by atoms with E-state index in [1.165, 1.54) is 0 Å². The van der Waals surface area contributed by atoms with Gasteiger partial charge in [-0.15, -0.1) is 0 Å². The van der Waals surface area contributed by atoms with Crippen molar-refractivity contribution in [1.82, 2.24) is 10.3 Å². The molecule has 0 aliphatic rings. The number of anilines is 1. The van der Waals surface area contributed by atoms with Crippen molar-refractivity contribution in [2.45, 2.75) is 13.5 Å². The summed E-state index contributed by atoms with van der Waals surface area (Å²) in [5.41, 5.74) is 3.41. The van der Waals surface area contributed by atoms with Gasteiger partial charge in [0, 0.05) is 40.8 Å². The fourth-order valence-corrected chi connectivity index (χ4v) is 2.61. The summed E-state index contributed by atoms with van der Waals surface area (Å²) < 4.78 is 0. The Balaban J connectivity index is 1.61. The molecule has 0 saturated carbocycles. The standard InChI is InChI=1S/C21H18ClN3O2/c1-14-4-9-18(11-19(14)22)25-21(27)17-7-5-16(6-8-17)20(26)24-13-15-3-2-10-23-12-15/h2-12H,13H2,1H3,(H,24,26)(H,25,27). The molecule has 0 aliphatic carbocycles. The zero-order valence-corrected chi connectivity index (χ0v) is 15.5. The maximum atomic E-state index is 12.3. The molecule has 27 heavy (non-hydrogen) atoms. The van der Waals surface area contributed by atoms with Gasteiger partial charge >= 0.3 is 0 Å². The van der Waals surface area contributed by atoms with E-state index in [4.69, 9.17) is 11.6 Å². The van der Waals surface area contributed by atoms with Gasteiger partial charge in [-0.1, -0.05) is 23.7 Å². The van der Waals surface area contributed by atoms with E-state index in [1.807, 2.05) is 25.1 Å². The molecule has 0 bridgehead atoms. The first-order valence-corrected chi connectivity index (χ1v) is 8.75. The summed E-state index contributed by atoms with van der Waals surface area (Å²) in [7, 11) is 0. The summed E-state index contributed by atoms with van der Waals surface area (Å²) in [5.74, 6) is -0.478. The van der Waals surface area contributed by atoms with Crippen LogP contribution in [0.25, 0.3) is 0 Å². The normalized spacial score (nSPS) is 10.3. The van der Waals surface area contributed by atoms with Gasteiger partial charge in [0.25, 0.3) is 11.8 Å². The van der Waals surface area contributed by atoms with Crippen LogP contribution in [0.5, 0.6) is 0 Å². The van der Waals surface area contributed by atoms with Crippen LogP contribution in [0.3, 0.4) is 0 Å². The van der Waals surface area contributed by atoms with Crippen LogP contribution < -0.4 is 10.6 Å². The van der Waals surface area contributed by atoms with Crippen molar-refractivity contribution >= 4 is 29.1 Å². The third-order valence-corrected chi connectivity index (χ3v) is 4.42. The maximum Gasteiger partial charge on any atom is 0.255 e. The number of carbonyl (C=O) groups is 2. The number of halogens is 1. The van der Waals surface area contributed by atoms with Crippen molar-refractivity contribution in [1.29, 1.82) is 0 Å². The predicted molar refractivity (Wildman–Crippen MR) is 106 cm³/mol. The minimum absolute atomic E-state index is 0.212. The Kier molecular flexibility index (Phi) is 5.84. The molecule has 2 aromatic carbocycles. The molecule has 0 saturated heterocycles. The largest absolute Gasteiger partial charge is 0.348 e. The first-order valence-electron chi connectivity index (χ1n) is 8.37. The minimum Gasteiger partial charge on any atom is -0.348 e. The van der Waals surface area contributed by atoms with Gasteiger partial charge in [0.1, 0.15) is 0 Å².